The Morgan fingerprint density at radius 1 is 0.958 bits per heavy atom. The molecule has 0 spiro atoms. The van der Waals surface area contributed by atoms with Crippen molar-refractivity contribution in [2.45, 2.75) is 6.42 Å². The van der Waals surface area contributed by atoms with Gasteiger partial charge in [-0.3, -0.25) is 19.3 Å². The molecule has 3 rings (SSSR count). The molecule has 0 radical (unpaired) electrons. The lowest BCUT2D eigenvalue weighted by molar-refractivity contribution is -0.120. The zero-order chi connectivity index (χ0) is 17.1. The van der Waals surface area contributed by atoms with Crippen LogP contribution in [0.4, 0.5) is 4.39 Å². The van der Waals surface area contributed by atoms with Crippen molar-refractivity contribution >= 4 is 17.7 Å². The van der Waals surface area contributed by atoms with Gasteiger partial charge in [0.1, 0.15) is 5.82 Å². The van der Waals surface area contributed by atoms with Gasteiger partial charge in [-0.15, -0.1) is 0 Å². The van der Waals surface area contributed by atoms with Gasteiger partial charge in [-0.25, -0.2) is 4.39 Å². The summed E-state index contributed by atoms with van der Waals surface area (Å²) in [6.45, 7) is 0.202. The quantitative estimate of drug-likeness (QED) is 0.852. The van der Waals surface area contributed by atoms with Crippen LogP contribution in [0.5, 0.6) is 0 Å². The zero-order valence-electron chi connectivity index (χ0n) is 12.8. The number of hydrogen-bond donors (Lipinski definition) is 1. The van der Waals surface area contributed by atoms with E-state index in [0.717, 1.165) is 4.90 Å². The fourth-order valence-electron chi connectivity index (χ4n) is 2.63. The molecule has 0 fully saturated rings. The highest BCUT2D eigenvalue weighted by atomic mass is 19.1. The van der Waals surface area contributed by atoms with Gasteiger partial charge >= 0.3 is 0 Å². The smallest absolute Gasteiger partial charge is 0.261 e. The molecule has 0 saturated carbocycles. The summed E-state index contributed by atoms with van der Waals surface area (Å²) in [7, 11) is 0. The lowest BCUT2D eigenvalue weighted by Crippen LogP contribution is -2.38. The lowest BCUT2D eigenvalue weighted by atomic mass is 10.1. The molecule has 0 atom stereocenters. The van der Waals surface area contributed by atoms with E-state index in [2.05, 4.69) is 5.32 Å². The fraction of sp³-hybridized carbons (Fsp3) is 0.167. The van der Waals surface area contributed by atoms with Crippen molar-refractivity contribution in [1.29, 1.82) is 0 Å². The summed E-state index contributed by atoms with van der Waals surface area (Å²) in [5.41, 5.74) is 1.05. The van der Waals surface area contributed by atoms with Gasteiger partial charge < -0.3 is 5.32 Å². The highest BCUT2D eigenvalue weighted by molar-refractivity contribution is 6.21. The lowest BCUT2D eigenvalue weighted by Gasteiger charge is -2.14. The molecule has 0 bridgehead atoms. The van der Waals surface area contributed by atoms with Crippen molar-refractivity contribution in [1.82, 2.24) is 10.2 Å². The third-order valence-electron chi connectivity index (χ3n) is 3.84. The van der Waals surface area contributed by atoms with E-state index in [4.69, 9.17) is 0 Å². The van der Waals surface area contributed by atoms with Gasteiger partial charge in [0.25, 0.3) is 11.8 Å². The molecule has 1 heterocycles. The molecular weight excluding hydrogens is 311 g/mol. The first-order valence-corrected chi connectivity index (χ1v) is 7.53. The van der Waals surface area contributed by atoms with E-state index >= 15 is 0 Å². The molecule has 3 amide bonds. The summed E-state index contributed by atoms with van der Waals surface area (Å²) in [5.74, 6) is -1.53. The number of nitrogens with zero attached hydrogens (tertiary/aromatic N) is 1. The maximum atomic E-state index is 13.5. The Morgan fingerprint density at radius 3 is 2.17 bits per heavy atom. The normalized spacial score (nSPS) is 13.1. The summed E-state index contributed by atoms with van der Waals surface area (Å²) in [5, 5.41) is 2.60. The number of halogens is 1. The average molecular weight is 326 g/mol. The van der Waals surface area contributed by atoms with Gasteiger partial charge in [0.05, 0.1) is 17.5 Å². The van der Waals surface area contributed by atoms with E-state index in [-0.39, 0.29) is 37.2 Å². The minimum Gasteiger partial charge on any atom is -0.354 e. The topological polar surface area (TPSA) is 66.5 Å². The standard InChI is InChI=1S/C18H15FN2O3/c19-15-8-4-1-5-12(15)11-16(22)20-9-10-21-17(23)13-6-2-3-7-14(13)18(21)24/h1-8H,9-11H2,(H,20,22). The summed E-state index contributed by atoms with van der Waals surface area (Å²) in [6, 6.07) is 12.6. The van der Waals surface area contributed by atoms with Crippen LogP contribution in [0.3, 0.4) is 0 Å². The van der Waals surface area contributed by atoms with Crippen LogP contribution < -0.4 is 5.32 Å². The molecule has 0 unspecified atom stereocenters. The summed E-state index contributed by atoms with van der Waals surface area (Å²) < 4.78 is 13.5. The minimum absolute atomic E-state index is 0.0787. The van der Waals surface area contributed by atoms with Gasteiger partial charge in [0, 0.05) is 13.1 Å². The Bertz CT molecular complexity index is 784. The summed E-state index contributed by atoms with van der Waals surface area (Å²) in [4.78, 5) is 37.3. The number of hydrogen-bond acceptors (Lipinski definition) is 3. The number of imide groups is 1. The predicted molar refractivity (Wildman–Crippen MR) is 84.9 cm³/mol. The van der Waals surface area contributed by atoms with Crippen LogP contribution in [0.25, 0.3) is 0 Å². The van der Waals surface area contributed by atoms with Crippen LogP contribution in [-0.4, -0.2) is 35.7 Å². The molecule has 0 saturated heterocycles. The van der Waals surface area contributed by atoms with Crippen LogP contribution >= 0.6 is 0 Å². The molecule has 122 valence electrons. The van der Waals surface area contributed by atoms with Gasteiger partial charge in [-0.2, -0.15) is 0 Å². The van der Waals surface area contributed by atoms with E-state index in [0.29, 0.717) is 16.7 Å². The van der Waals surface area contributed by atoms with Crippen molar-refractivity contribution < 1.29 is 18.8 Å². The van der Waals surface area contributed by atoms with Gasteiger partial charge in [-0.05, 0) is 23.8 Å². The first-order chi connectivity index (χ1) is 11.6. The van der Waals surface area contributed by atoms with Crippen LogP contribution in [0.1, 0.15) is 26.3 Å². The Kier molecular flexibility index (Phi) is 4.37. The number of nitrogens with one attached hydrogen (secondary N) is 1. The number of benzene rings is 2. The van der Waals surface area contributed by atoms with E-state index in [9.17, 15) is 18.8 Å². The minimum atomic E-state index is -0.437. The molecule has 24 heavy (non-hydrogen) atoms. The molecule has 5 nitrogen and oxygen atoms in total. The summed E-state index contributed by atoms with van der Waals surface area (Å²) >= 11 is 0. The number of amides is 3. The summed E-state index contributed by atoms with van der Waals surface area (Å²) in [6.07, 6.45) is -0.0885. The highest BCUT2D eigenvalue weighted by Gasteiger charge is 2.34. The SMILES string of the molecule is O=C(Cc1ccccc1F)NCCN1C(=O)c2ccccc2C1=O. The van der Waals surface area contributed by atoms with Crippen molar-refractivity contribution in [3.63, 3.8) is 0 Å². The van der Waals surface area contributed by atoms with Gasteiger partial charge in [0.2, 0.25) is 5.91 Å². The van der Waals surface area contributed by atoms with Crippen LogP contribution in [0, 0.1) is 5.82 Å². The average Bonchev–Trinajstić information content (AvgIpc) is 2.82. The van der Waals surface area contributed by atoms with Crippen molar-refractivity contribution in [3.8, 4) is 0 Å². The highest BCUT2D eigenvalue weighted by Crippen LogP contribution is 2.21. The van der Waals surface area contributed by atoms with Crippen LogP contribution in [0.2, 0.25) is 0 Å². The second-order valence-corrected chi connectivity index (χ2v) is 5.43. The van der Waals surface area contributed by atoms with E-state index in [1.807, 2.05) is 0 Å². The molecule has 6 heteroatoms. The molecule has 1 aliphatic rings. The second kappa shape index (κ2) is 6.62. The molecule has 2 aromatic rings. The van der Waals surface area contributed by atoms with E-state index in [1.165, 1.54) is 6.07 Å². The monoisotopic (exact) mass is 326 g/mol. The largest absolute Gasteiger partial charge is 0.354 e. The number of carbonyl (C=O) groups is 3. The second-order valence-electron chi connectivity index (χ2n) is 5.43. The first-order valence-electron chi connectivity index (χ1n) is 7.53. The molecule has 0 aliphatic carbocycles. The Morgan fingerprint density at radius 2 is 1.54 bits per heavy atom. The van der Waals surface area contributed by atoms with E-state index in [1.54, 1.807) is 42.5 Å². The number of carbonyl (C=O) groups excluding carboxylic acids is 3. The third kappa shape index (κ3) is 3.03. The van der Waals surface area contributed by atoms with Crippen molar-refractivity contribution in [2.75, 3.05) is 13.1 Å². The third-order valence-corrected chi connectivity index (χ3v) is 3.84. The van der Waals surface area contributed by atoms with Gasteiger partial charge in [-0.1, -0.05) is 30.3 Å². The molecule has 2 aromatic carbocycles. The molecule has 1 N–H and O–H groups in total. The Balaban J connectivity index is 1.54. The fourth-order valence-corrected chi connectivity index (χ4v) is 2.63. The van der Waals surface area contributed by atoms with Crippen molar-refractivity contribution in [3.05, 3.63) is 71.0 Å². The molecule has 0 aromatic heterocycles. The number of rotatable bonds is 5. The molecule has 1 aliphatic heterocycles. The maximum Gasteiger partial charge on any atom is 0.261 e. The van der Waals surface area contributed by atoms with E-state index < -0.39 is 5.82 Å². The Hall–Kier alpha value is -3.02. The predicted octanol–water partition coefficient (Wildman–Crippen LogP) is 1.78. The van der Waals surface area contributed by atoms with Gasteiger partial charge in [0.15, 0.2) is 0 Å². The van der Waals surface area contributed by atoms with Crippen LogP contribution in [0.15, 0.2) is 48.5 Å². The molecular formula is C18H15FN2O3. The number of fused-ring (bicyclic) bond motifs is 1. The van der Waals surface area contributed by atoms with Crippen LogP contribution in [-0.2, 0) is 11.2 Å². The van der Waals surface area contributed by atoms with Crippen molar-refractivity contribution in [2.24, 2.45) is 0 Å². The maximum absolute atomic E-state index is 13.5. The first kappa shape index (κ1) is 15.9. The zero-order valence-corrected chi connectivity index (χ0v) is 12.8. The Labute approximate surface area is 138 Å².